The van der Waals surface area contributed by atoms with Crippen molar-refractivity contribution in [3.63, 3.8) is 0 Å². The lowest BCUT2D eigenvalue weighted by molar-refractivity contribution is -0.137. The van der Waals surface area contributed by atoms with Crippen molar-refractivity contribution in [2.75, 3.05) is 26.1 Å². The van der Waals surface area contributed by atoms with E-state index in [0.717, 1.165) is 12.1 Å². The van der Waals surface area contributed by atoms with Gasteiger partial charge in [-0.2, -0.15) is 18.2 Å². The zero-order chi connectivity index (χ0) is 26.6. The molecule has 1 N–H and O–H groups in total. The number of carbonyl (C=O) groups is 1. The molecule has 0 aliphatic heterocycles. The van der Waals surface area contributed by atoms with Gasteiger partial charge in [0.05, 0.1) is 32.1 Å². The first-order valence-electron chi connectivity index (χ1n) is 11.2. The molecular formula is C26H23F3N4O4. The molecule has 4 rings (SSSR count). The molecule has 1 amide bonds. The number of nitrogens with zero attached hydrogens (tertiary/aromatic N) is 3. The summed E-state index contributed by atoms with van der Waals surface area (Å²) in [7, 11) is 2.92. The Morgan fingerprint density at radius 2 is 1.57 bits per heavy atom. The first kappa shape index (κ1) is 25.5. The maximum atomic E-state index is 13.0. The number of amides is 1. The van der Waals surface area contributed by atoms with E-state index in [9.17, 15) is 18.0 Å². The molecule has 0 radical (unpaired) electrons. The summed E-state index contributed by atoms with van der Waals surface area (Å²) in [6.07, 6.45) is -4.45. The lowest BCUT2D eigenvalue weighted by Crippen LogP contribution is -2.14. The average Bonchev–Trinajstić information content (AvgIpc) is 3.32. The van der Waals surface area contributed by atoms with Crippen molar-refractivity contribution in [1.82, 2.24) is 14.8 Å². The van der Waals surface area contributed by atoms with Gasteiger partial charge >= 0.3 is 12.2 Å². The number of hydrogen-bond donors (Lipinski definition) is 1. The number of methoxy groups -OCH3 is 2. The molecule has 0 bridgehead atoms. The zero-order valence-corrected chi connectivity index (χ0v) is 20.2. The molecule has 0 saturated carbocycles. The number of anilines is 1. The van der Waals surface area contributed by atoms with E-state index in [4.69, 9.17) is 14.2 Å². The van der Waals surface area contributed by atoms with E-state index < -0.39 is 17.6 Å². The van der Waals surface area contributed by atoms with Crippen molar-refractivity contribution in [3.05, 3.63) is 77.9 Å². The fraction of sp³-hybridized carbons (Fsp3) is 0.192. The molecule has 0 unspecified atom stereocenters. The maximum Gasteiger partial charge on any atom is 0.416 e. The summed E-state index contributed by atoms with van der Waals surface area (Å²) < 4.78 is 56.4. The van der Waals surface area contributed by atoms with E-state index in [2.05, 4.69) is 15.4 Å². The second kappa shape index (κ2) is 10.6. The van der Waals surface area contributed by atoms with E-state index in [-0.39, 0.29) is 11.6 Å². The predicted molar refractivity (Wildman–Crippen MR) is 130 cm³/mol. The van der Waals surface area contributed by atoms with E-state index >= 15 is 0 Å². The fourth-order valence-corrected chi connectivity index (χ4v) is 3.61. The molecule has 192 valence electrons. The highest BCUT2D eigenvalue weighted by atomic mass is 19.4. The normalized spacial score (nSPS) is 11.2. The minimum atomic E-state index is -4.45. The van der Waals surface area contributed by atoms with Crippen molar-refractivity contribution in [3.8, 4) is 34.6 Å². The highest BCUT2D eigenvalue weighted by molar-refractivity contribution is 6.08. The van der Waals surface area contributed by atoms with Crippen LogP contribution in [0.5, 0.6) is 17.5 Å². The Kier molecular flexibility index (Phi) is 7.32. The van der Waals surface area contributed by atoms with Crippen LogP contribution in [-0.4, -0.2) is 41.5 Å². The Morgan fingerprint density at radius 1 is 0.946 bits per heavy atom. The van der Waals surface area contributed by atoms with Gasteiger partial charge in [-0.15, -0.1) is 5.10 Å². The smallest absolute Gasteiger partial charge is 0.416 e. The van der Waals surface area contributed by atoms with Crippen LogP contribution < -0.4 is 19.5 Å². The van der Waals surface area contributed by atoms with Gasteiger partial charge in [-0.1, -0.05) is 18.2 Å². The van der Waals surface area contributed by atoms with Gasteiger partial charge < -0.3 is 19.5 Å². The standard InChI is InChI=1S/C26H23F3N4O4/c1-4-37-25-31-23(16-8-10-17(11-9-16)26(27,28)29)33(32-25)19-14-12-18(13-15-19)30-24(34)22-20(35-2)6-5-7-21(22)36-3/h5-15H,4H2,1-3H3,(H,30,34). The fourth-order valence-electron chi connectivity index (χ4n) is 3.61. The molecule has 11 heteroatoms. The molecule has 0 fully saturated rings. The molecule has 4 aromatic rings. The quantitative estimate of drug-likeness (QED) is 0.330. The monoisotopic (exact) mass is 512 g/mol. The van der Waals surface area contributed by atoms with Crippen LogP contribution in [0.4, 0.5) is 18.9 Å². The molecule has 8 nitrogen and oxygen atoms in total. The van der Waals surface area contributed by atoms with Crippen LogP contribution in [0.3, 0.4) is 0 Å². The summed E-state index contributed by atoms with van der Waals surface area (Å²) in [5, 5.41) is 7.15. The molecule has 0 atom stereocenters. The summed E-state index contributed by atoms with van der Waals surface area (Å²) in [4.78, 5) is 17.3. The third-order valence-electron chi connectivity index (χ3n) is 5.36. The largest absolute Gasteiger partial charge is 0.496 e. The maximum absolute atomic E-state index is 13.0. The number of ether oxygens (including phenoxy) is 3. The van der Waals surface area contributed by atoms with Gasteiger partial charge in [0.2, 0.25) is 0 Å². The number of aromatic nitrogens is 3. The Bertz CT molecular complexity index is 1360. The van der Waals surface area contributed by atoms with Crippen LogP contribution in [0, 0.1) is 0 Å². The Morgan fingerprint density at radius 3 is 2.11 bits per heavy atom. The number of nitrogens with one attached hydrogen (secondary N) is 1. The van der Waals surface area contributed by atoms with Gasteiger partial charge in [-0.05, 0) is 55.5 Å². The molecular weight excluding hydrogens is 489 g/mol. The number of halogens is 3. The van der Waals surface area contributed by atoms with Crippen molar-refractivity contribution < 1.29 is 32.2 Å². The number of alkyl halides is 3. The van der Waals surface area contributed by atoms with Crippen molar-refractivity contribution in [2.45, 2.75) is 13.1 Å². The summed E-state index contributed by atoms with van der Waals surface area (Å²) in [6, 6.07) is 16.4. The van der Waals surface area contributed by atoms with Crippen LogP contribution in [0.25, 0.3) is 17.1 Å². The average molecular weight is 512 g/mol. The Hall–Kier alpha value is -4.54. The summed E-state index contributed by atoms with van der Waals surface area (Å²) >= 11 is 0. The van der Waals surface area contributed by atoms with Crippen LogP contribution >= 0.6 is 0 Å². The van der Waals surface area contributed by atoms with Crippen molar-refractivity contribution in [1.29, 1.82) is 0 Å². The van der Waals surface area contributed by atoms with Crippen LogP contribution in [-0.2, 0) is 6.18 Å². The number of carbonyl (C=O) groups excluding carboxylic acids is 1. The zero-order valence-electron chi connectivity index (χ0n) is 20.2. The highest BCUT2D eigenvalue weighted by Gasteiger charge is 2.30. The second-order valence-corrected chi connectivity index (χ2v) is 7.68. The predicted octanol–water partition coefficient (Wildman–Crippen LogP) is 5.62. The van der Waals surface area contributed by atoms with E-state index in [0.29, 0.717) is 40.9 Å². The van der Waals surface area contributed by atoms with Gasteiger partial charge in [0.15, 0.2) is 5.82 Å². The molecule has 0 spiro atoms. The third kappa shape index (κ3) is 5.50. The number of hydrogen-bond acceptors (Lipinski definition) is 6. The van der Waals surface area contributed by atoms with Crippen LogP contribution in [0.15, 0.2) is 66.7 Å². The second-order valence-electron chi connectivity index (χ2n) is 7.68. The summed E-state index contributed by atoms with van der Waals surface area (Å²) in [5.74, 6) is 0.598. The van der Waals surface area contributed by atoms with Gasteiger partial charge in [-0.25, -0.2) is 4.68 Å². The van der Waals surface area contributed by atoms with Gasteiger partial charge in [-0.3, -0.25) is 4.79 Å². The topological polar surface area (TPSA) is 87.5 Å². The molecule has 1 aromatic heterocycles. The number of rotatable bonds is 8. The highest BCUT2D eigenvalue weighted by Crippen LogP contribution is 2.32. The van der Waals surface area contributed by atoms with Gasteiger partial charge in [0.25, 0.3) is 5.91 Å². The minimum absolute atomic E-state index is 0.0815. The Labute approximate surface area is 210 Å². The molecule has 0 aliphatic rings. The first-order chi connectivity index (χ1) is 17.7. The molecule has 0 aliphatic carbocycles. The summed E-state index contributed by atoms with van der Waals surface area (Å²) in [5.41, 5.74) is 0.953. The molecule has 1 heterocycles. The third-order valence-corrected chi connectivity index (χ3v) is 5.36. The lowest BCUT2D eigenvalue weighted by Gasteiger charge is -2.13. The molecule has 3 aromatic carbocycles. The minimum Gasteiger partial charge on any atom is -0.496 e. The van der Waals surface area contributed by atoms with Crippen LogP contribution in [0.1, 0.15) is 22.8 Å². The SMILES string of the molecule is CCOc1nc(-c2ccc(C(F)(F)F)cc2)n(-c2ccc(NC(=O)c3c(OC)cccc3OC)cc2)n1. The van der Waals surface area contributed by atoms with E-state index in [1.165, 1.54) is 31.0 Å². The number of benzene rings is 3. The first-order valence-corrected chi connectivity index (χ1v) is 11.2. The molecule has 0 saturated heterocycles. The van der Waals surface area contributed by atoms with E-state index in [1.54, 1.807) is 49.4 Å². The van der Waals surface area contributed by atoms with Gasteiger partial charge in [0, 0.05) is 11.3 Å². The summed E-state index contributed by atoms with van der Waals surface area (Å²) in [6.45, 7) is 2.08. The van der Waals surface area contributed by atoms with Crippen LogP contribution in [0.2, 0.25) is 0 Å². The lowest BCUT2D eigenvalue weighted by atomic mass is 10.1. The van der Waals surface area contributed by atoms with Crippen molar-refractivity contribution >= 4 is 11.6 Å². The van der Waals surface area contributed by atoms with Gasteiger partial charge in [0.1, 0.15) is 17.1 Å². The Balaban J connectivity index is 1.63. The van der Waals surface area contributed by atoms with Crippen molar-refractivity contribution in [2.24, 2.45) is 0 Å². The molecule has 37 heavy (non-hydrogen) atoms. The van der Waals surface area contributed by atoms with E-state index in [1.807, 2.05) is 0 Å².